The first-order valence-electron chi connectivity index (χ1n) is 16.4. The number of anilines is 3. The number of fused-ring (bicyclic) bond motifs is 4. The molecule has 0 unspecified atom stereocenters. The first-order valence-corrected chi connectivity index (χ1v) is 16.4. The highest BCUT2D eigenvalue weighted by atomic mass is 15.1. The third-order valence-corrected chi connectivity index (χ3v) is 9.74. The van der Waals surface area contributed by atoms with Crippen molar-refractivity contribution in [3.63, 3.8) is 0 Å². The van der Waals surface area contributed by atoms with E-state index in [2.05, 4.69) is 167 Å². The average Bonchev–Trinajstić information content (AvgIpc) is 3.49. The number of hydrogen-bond donors (Lipinski definition) is 0. The summed E-state index contributed by atoms with van der Waals surface area (Å²) in [6.45, 7) is 0. The van der Waals surface area contributed by atoms with Crippen LogP contribution in [0.25, 0.3) is 71.1 Å². The molecule has 0 radical (unpaired) electrons. The maximum Gasteiger partial charge on any atom is 0.0709 e. The molecular formula is C45H29N3. The summed E-state index contributed by atoms with van der Waals surface area (Å²) in [7, 11) is 0. The van der Waals surface area contributed by atoms with E-state index in [1.54, 1.807) is 0 Å². The zero-order valence-electron chi connectivity index (χ0n) is 26.1. The van der Waals surface area contributed by atoms with Gasteiger partial charge in [-0.1, -0.05) is 109 Å². The molecule has 3 nitrogen and oxygen atoms in total. The third kappa shape index (κ3) is 3.98. The summed E-state index contributed by atoms with van der Waals surface area (Å²) in [6.07, 6.45) is 2.00. The monoisotopic (exact) mass is 611 g/mol. The first kappa shape index (κ1) is 26.7. The highest BCUT2D eigenvalue weighted by Crippen LogP contribution is 2.45. The smallest absolute Gasteiger partial charge is 0.0709 e. The van der Waals surface area contributed by atoms with Gasteiger partial charge in [0.15, 0.2) is 0 Å². The van der Waals surface area contributed by atoms with Gasteiger partial charge in [0.05, 0.1) is 28.6 Å². The highest BCUT2D eigenvalue weighted by Gasteiger charge is 2.20. The number of para-hydroxylation sites is 4. The summed E-state index contributed by atoms with van der Waals surface area (Å²) < 4.78 is 2.41. The van der Waals surface area contributed by atoms with Crippen LogP contribution in [0.5, 0.6) is 0 Å². The van der Waals surface area contributed by atoms with Gasteiger partial charge < -0.3 is 9.47 Å². The summed E-state index contributed by atoms with van der Waals surface area (Å²) >= 11 is 0. The highest BCUT2D eigenvalue weighted by molar-refractivity contribution is 6.34. The Kier molecular flexibility index (Phi) is 5.87. The lowest BCUT2D eigenvalue weighted by Gasteiger charge is -2.25. The Balaban J connectivity index is 1.17. The second kappa shape index (κ2) is 10.5. The van der Waals surface area contributed by atoms with Crippen molar-refractivity contribution in [3.8, 4) is 16.9 Å². The summed E-state index contributed by atoms with van der Waals surface area (Å²) in [5, 5.41) is 10.2. The van der Waals surface area contributed by atoms with E-state index in [9.17, 15) is 0 Å². The normalized spacial score (nSPS) is 11.8. The topological polar surface area (TPSA) is 21.1 Å². The summed E-state index contributed by atoms with van der Waals surface area (Å²) in [4.78, 5) is 7.33. The predicted octanol–water partition coefficient (Wildman–Crippen LogP) is 12.2. The van der Waals surface area contributed by atoms with Crippen LogP contribution < -0.4 is 4.90 Å². The molecule has 0 spiro atoms. The van der Waals surface area contributed by atoms with Gasteiger partial charge in [-0.3, -0.25) is 4.98 Å². The second-order valence-corrected chi connectivity index (χ2v) is 12.4. The van der Waals surface area contributed by atoms with E-state index in [0.717, 1.165) is 28.3 Å². The molecule has 0 atom stereocenters. The van der Waals surface area contributed by atoms with Gasteiger partial charge in [-0.25, -0.2) is 0 Å². The zero-order chi connectivity index (χ0) is 31.6. The lowest BCUT2D eigenvalue weighted by atomic mass is 9.89. The quantitative estimate of drug-likeness (QED) is 0.181. The van der Waals surface area contributed by atoms with Crippen LogP contribution in [0.15, 0.2) is 176 Å². The number of benzene rings is 8. The van der Waals surface area contributed by atoms with Gasteiger partial charge in [0.2, 0.25) is 0 Å². The predicted molar refractivity (Wildman–Crippen MR) is 202 cm³/mol. The van der Waals surface area contributed by atoms with Crippen LogP contribution in [-0.2, 0) is 0 Å². The molecule has 0 fully saturated rings. The van der Waals surface area contributed by atoms with E-state index >= 15 is 0 Å². The van der Waals surface area contributed by atoms with Crippen molar-refractivity contribution >= 4 is 71.2 Å². The molecule has 0 aliphatic heterocycles. The number of aromatic nitrogens is 2. The molecule has 10 aromatic rings. The fraction of sp³-hybridized carbons (Fsp3) is 0. The molecule has 0 saturated carbocycles. The molecule has 3 heteroatoms. The molecule has 0 N–H and O–H groups in total. The molecule has 0 bridgehead atoms. The summed E-state index contributed by atoms with van der Waals surface area (Å²) in [5.74, 6) is 0. The Hall–Kier alpha value is -6.45. The molecule has 0 aliphatic rings. The van der Waals surface area contributed by atoms with Crippen LogP contribution in [0.3, 0.4) is 0 Å². The number of nitrogens with zero attached hydrogens (tertiary/aromatic N) is 3. The molecule has 0 amide bonds. The molecule has 2 aromatic heterocycles. The van der Waals surface area contributed by atoms with Crippen molar-refractivity contribution in [2.75, 3.05) is 4.90 Å². The minimum Gasteiger partial charge on any atom is -0.309 e. The van der Waals surface area contributed by atoms with Gasteiger partial charge in [-0.2, -0.15) is 0 Å². The van der Waals surface area contributed by atoms with Crippen LogP contribution in [0.4, 0.5) is 17.1 Å². The van der Waals surface area contributed by atoms with Gasteiger partial charge in [-0.15, -0.1) is 0 Å². The Morgan fingerprint density at radius 1 is 0.417 bits per heavy atom. The minimum absolute atomic E-state index is 0.962. The van der Waals surface area contributed by atoms with Gasteiger partial charge in [0, 0.05) is 33.4 Å². The van der Waals surface area contributed by atoms with E-state index in [4.69, 9.17) is 4.98 Å². The Morgan fingerprint density at radius 3 is 1.77 bits per heavy atom. The maximum absolute atomic E-state index is 5.09. The molecule has 2 heterocycles. The van der Waals surface area contributed by atoms with Crippen LogP contribution in [-0.4, -0.2) is 9.55 Å². The zero-order valence-corrected chi connectivity index (χ0v) is 26.1. The molecule has 0 saturated heterocycles. The van der Waals surface area contributed by atoms with Crippen molar-refractivity contribution in [3.05, 3.63) is 176 Å². The number of pyridine rings is 1. The fourth-order valence-corrected chi connectivity index (χ4v) is 7.69. The van der Waals surface area contributed by atoms with Crippen LogP contribution in [0.2, 0.25) is 0 Å². The van der Waals surface area contributed by atoms with Crippen molar-refractivity contribution in [2.45, 2.75) is 0 Å². The van der Waals surface area contributed by atoms with Gasteiger partial charge >= 0.3 is 0 Å². The molecule has 48 heavy (non-hydrogen) atoms. The van der Waals surface area contributed by atoms with Crippen LogP contribution in [0, 0.1) is 0 Å². The van der Waals surface area contributed by atoms with E-state index in [1.165, 1.54) is 59.8 Å². The van der Waals surface area contributed by atoms with E-state index < -0.39 is 0 Å². The molecular weight excluding hydrogens is 583 g/mol. The molecule has 8 aromatic carbocycles. The summed E-state index contributed by atoms with van der Waals surface area (Å²) in [6, 6.07) is 60.8. The molecule has 10 rings (SSSR count). The van der Waals surface area contributed by atoms with E-state index in [0.29, 0.717) is 0 Å². The van der Waals surface area contributed by atoms with E-state index in [1.807, 2.05) is 18.3 Å². The van der Waals surface area contributed by atoms with Gasteiger partial charge in [0.25, 0.3) is 0 Å². The van der Waals surface area contributed by atoms with Crippen molar-refractivity contribution in [1.29, 1.82) is 0 Å². The lowest BCUT2D eigenvalue weighted by Crippen LogP contribution is -2.10. The SMILES string of the molecule is c1ccc(N(c2ccccc2)c2ccc(-c3ccc4ccc5c6c(ccc3c46)cc3c5c4ccccc4n3-c3ccccc3)nc2)cc1. The Labute approximate surface area is 277 Å². The fourth-order valence-electron chi connectivity index (χ4n) is 7.69. The van der Waals surface area contributed by atoms with Gasteiger partial charge in [-0.05, 0) is 93.0 Å². The standard InChI is InChI=1S/C45H29N3/c1-4-12-32(13-5-1)47(33-14-6-2-7-15-33)35-23-27-40(46-29-35)36-24-20-30-21-26-39-44-31(22-25-37(36)43(30)44)28-42-45(39)38-18-10-11-19-41(38)48(42)34-16-8-3-9-17-34/h1-29H. The van der Waals surface area contributed by atoms with Crippen molar-refractivity contribution < 1.29 is 0 Å². The number of rotatable bonds is 5. The Morgan fingerprint density at radius 2 is 1.04 bits per heavy atom. The van der Waals surface area contributed by atoms with Crippen LogP contribution >= 0.6 is 0 Å². The third-order valence-electron chi connectivity index (χ3n) is 9.74. The maximum atomic E-state index is 5.09. The first-order chi connectivity index (χ1) is 23.8. The molecule has 224 valence electrons. The second-order valence-electron chi connectivity index (χ2n) is 12.4. The van der Waals surface area contributed by atoms with Gasteiger partial charge in [0.1, 0.15) is 0 Å². The minimum atomic E-state index is 0.962. The largest absolute Gasteiger partial charge is 0.309 e. The lowest BCUT2D eigenvalue weighted by molar-refractivity contribution is 1.18. The van der Waals surface area contributed by atoms with Crippen molar-refractivity contribution in [1.82, 2.24) is 9.55 Å². The van der Waals surface area contributed by atoms with Crippen molar-refractivity contribution in [2.24, 2.45) is 0 Å². The summed E-state index contributed by atoms with van der Waals surface area (Å²) in [5.41, 5.74) is 8.94. The molecule has 0 aliphatic carbocycles. The number of hydrogen-bond acceptors (Lipinski definition) is 2. The van der Waals surface area contributed by atoms with Crippen LogP contribution in [0.1, 0.15) is 0 Å². The average molecular weight is 612 g/mol. The Bertz CT molecular complexity index is 2710. The van der Waals surface area contributed by atoms with E-state index in [-0.39, 0.29) is 0 Å².